The summed E-state index contributed by atoms with van der Waals surface area (Å²) in [6.07, 6.45) is 2.31. The molecule has 0 saturated carbocycles. The lowest BCUT2D eigenvalue weighted by Crippen LogP contribution is -2.18. The number of rotatable bonds is 5. The highest BCUT2D eigenvalue weighted by atomic mass is 35.5. The average Bonchev–Trinajstić information content (AvgIpc) is 2.31. The number of hydrogen-bond acceptors (Lipinski definition) is 2. The van der Waals surface area contributed by atoms with Gasteiger partial charge in [-0.15, -0.1) is 0 Å². The van der Waals surface area contributed by atoms with Gasteiger partial charge in [-0.25, -0.2) is 0 Å². The first-order chi connectivity index (χ1) is 8.06. The van der Waals surface area contributed by atoms with E-state index >= 15 is 0 Å². The maximum atomic E-state index is 8.76. The van der Waals surface area contributed by atoms with E-state index in [1.54, 1.807) is 12.1 Å². The van der Waals surface area contributed by atoms with E-state index in [0.29, 0.717) is 22.5 Å². The van der Waals surface area contributed by atoms with Crippen molar-refractivity contribution in [2.75, 3.05) is 5.32 Å². The van der Waals surface area contributed by atoms with Gasteiger partial charge in [0.05, 0.1) is 22.3 Å². The van der Waals surface area contributed by atoms with E-state index in [2.05, 4.69) is 32.2 Å². The van der Waals surface area contributed by atoms with E-state index in [9.17, 15) is 0 Å². The Hall–Kier alpha value is -1.20. The zero-order chi connectivity index (χ0) is 12.8. The molecule has 0 aromatic heterocycles. The Morgan fingerprint density at radius 2 is 2.12 bits per heavy atom. The van der Waals surface area contributed by atoms with Crippen LogP contribution in [0.25, 0.3) is 0 Å². The number of benzene rings is 1. The molecule has 92 valence electrons. The standard InChI is InChI=1S/C14H19ClN2/c1-4-10(2)7-11(3)17-14-6-5-12(9-16)8-13(14)15/h5-6,8,10-11,17H,4,7H2,1-3H3. The molecule has 1 aromatic carbocycles. The van der Waals surface area contributed by atoms with E-state index in [0.717, 1.165) is 12.1 Å². The molecule has 1 N–H and O–H groups in total. The smallest absolute Gasteiger partial charge is 0.0992 e. The summed E-state index contributed by atoms with van der Waals surface area (Å²) in [5.74, 6) is 0.703. The van der Waals surface area contributed by atoms with Crippen molar-refractivity contribution in [1.29, 1.82) is 5.26 Å². The zero-order valence-electron chi connectivity index (χ0n) is 10.6. The second kappa shape index (κ2) is 6.51. The molecule has 2 unspecified atom stereocenters. The molecule has 0 fully saturated rings. The van der Waals surface area contributed by atoms with E-state index in [1.807, 2.05) is 6.07 Å². The lowest BCUT2D eigenvalue weighted by atomic mass is 10.0. The summed E-state index contributed by atoms with van der Waals surface area (Å²) in [4.78, 5) is 0. The molecular weight excluding hydrogens is 232 g/mol. The van der Waals surface area contributed by atoms with Gasteiger partial charge in [0.25, 0.3) is 0 Å². The first-order valence-corrected chi connectivity index (χ1v) is 6.40. The summed E-state index contributed by atoms with van der Waals surface area (Å²) in [5.41, 5.74) is 1.50. The molecule has 1 aromatic rings. The summed E-state index contributed by atoms with van der Waals surface area (Å²) < 4.78 is 0. The van der Waals surface area contributed by atoms with Crippen molar-refractivity contribution >= 4 is 17.3 Å². The predicted molar refractivity (Wildman–Crippen MR) is 73.3 cm³/mol. The molecule has 0 saturated heterocycles. The minimum Gasteiger partial charge on any atom is -0.381 e. The fourth-order valence-electron chi connectivity index (χ4n) is 1.80. The number of hydrogen-bond donors (Lipinski definition) is 1. The third-order valence-corrected chi connectivity index (χ3v) is 3.27. The molecule has 3 heteroatoms. The second-order valence-electron chi connectivity index (χ2n) is 4.60. The fourth-order valence-corrected chi connectivity index (χ4v) is 2.03. The van der Waals surface area contributed by atoms with Crippen LogP contribution in [0.15, 0.2) is 18.2 Å². The number of halogens is 1. The number of nitriles is 1. The van der Waals surface area contributed by atoms with Gasteiger partial charge >= 0.3 is 0 Å². The molecule has 2 nitrogen and oxygen atoms in total. The summed E-state index contributed by atoms with van der Waals surface area (Å²) in [6.45, 7) is 6.60. The molecule has 1 rings (SSSR count). The third-order valence-electron chi connectivity index (χ3n) is 2.95. The van der Waals surface area contributed by atoms with Crippen LogP contribution in [0.4, 0.5) is 5.69 Å². The summed E-state index contributed by atoms with van der Waals surface area (Å²) in [5, 5.41) is 12.8. The molecule has 0 aliphatic rings. The van der Waals surface area contributed by atoms with Crippen LogP contribution in [0.2, 0.25) is 5.02 Å². The van der Waals surface area contributed by atoms with Gasteiger partial charge in [-0.05, 0) is 37.5 Å². The van der Waals surface area contributed by atoms with Crippen molar-refractivity contribution in [2.45, 2.75) is 39.7 Å². The fraction of sp³-hybridized carbons (Fsp3) is 0.500. The quantitative estimate of drug-likeness (QED) is 0.838. The highest BCUT2D eigenvalue weighted by molar-refractivity contribution is 6.33. The van der Waals surface area contributed by atoms with Gasteiger partial charge in [-0.3, -0.25) is 0 Å². The Kier molecular flexibility index (Phi) is 5.31. The van der Waals surface area contributed by atoms with E-state index in [-0.39, 0.29) is 0 Å². The van der Waals surface area contributed by atoms with Gasteiger partial charge in [-0.1, -0.05) is 31.9 Å². The van der Waals surface area contributed by atoms with E-state index in [1.165, 1.54) is 6.42 Å². The van der Waals surface area contributed by atoms with Crippen molar-refractivity contribution in [3.05, 3.63) is 28.8 Å². The van der Waals surface area contributed by atoms with Gasteiger partial charge in [-0.2, -0.15) is 5.26 Å². The maximum Gasteiger partial charge on any atom is 0.0992 e. The van der Waals surface area contributed by atoms with Crippen LogP contribution in [-0.4, -0.2) is 6.04 Å². The van der Waals surface area contributed by atoms with Crippen molar-refractivity contribution in [2.24, 2.45) is 5.92 Å². The third kappa shape index (κ3) is 4.28. The normalized spacial score (nSPS) is 13.8. The van der Waals surface area contributed by atoms with Gasteiger partial charge < -0.3 is 5.32 Å². The molecule has 0 radical (unpaired) electrons. The minimum atomic E-state index is 0.385. The molecular formula is C14H19ClN2. The van der Waals surface area contributed by atoms with E-state index < -0.39 is 0 Å². The van der Waals surface area contributed by atoms with Crippen LogP contribution in [0.3, 0.4) is 0 Å². The highest BCUT2D eigenvalue weighted by Crippen LogP contribution is 2.24. The van der Waals surface area contributed by atoms with Gasteiger partial charge in [0, 0.05) is 6.04 Å². The number of nitrogens with zero attached hydrogens (tertiary/aromatic N) is 1. The molecule has 0 spiro atoms. The van der Waals surface area contributed by atoms with Crippen LogP contribution >= 0.6 is 11.6 Å². The molecule has 0 aliphatic carbocycles. The van der Waals surface area contributed by atoms with Gasteiger partial charge in [0.15, 0.2) is 0 Å². The molecule has 2 atom stereocenters. The highest BCUT2D eigenvalue weighted by Gasteiger charge is 2.09. The Labute approximate surface area is 109 Å². The molecule has 17 heavy (non-hydrogen) atoms. The summed E-state index contributed by atoms with van der Waals surface area (Å²) in [7, 11) is 0. The van der Waals surface area contributed by atoms with Crippen LogP contribution in [0.1, 0.15) is 39.2 Å². The number of nitrogens with one attached hydrogen (secondary N) is 1. The van der Waals surface area contributed by atoms with Crippen molar-refractivity contribution < 1.29 is 0 Å². The molecule has 0 bridgehead atoms. The first kappa shape index (κ1) is 13.9. The topological polar surface area (TPSA) is 35.8 Å². The lowest BCUT2D eigenvalue weighted by molar-refractivity contribution is 0.484. The van der Waals surface area contributed by atoms with E-state index in [4.69, 9.17) is 16.9 Å². The minimum absolute atomic E-state index is 0.385. The Balaban J connectivity index is 2.66. The van der Waals surface area contributed by atoms with Crippen LogP contribution < -0.4 is 5.32 Å². The van der Waals surface area contributed by atoms with Crippen molar-refractivity contribution in [3.8, 4) is 6.07 Å². The Bertz CT molecular complexity index is 409. The summed E-state index contributed by atoms with van der Waals surface area (Å²) in [6, 6.07) is 7.81. The zero-order valence-corrected chi connectivity index (χ0v) is 11.4. The summed E-state index contributed by atoms with van der Waals surface area (Å²) >= 11 is 6.11. The first-order valence-electron chi connectivity index (χ1n) is 6.03. The molecule has 0 aliphatic heterocycles. The largest absolute Gasteiger partial charge is 0.381 e. The average molecular weight is 251 g/mol. The Morgan fingerprint density at radius 3 is 2.65 bits per heavy atom. The lowest BCUT2D eigenvalue weighted by Gasteiger charge is -2.19. The van der Waals surface area contributed by atoms with Crippen molar-refractivity contribution in [1.82, 2.24) is 0 Å². The van der Waals surface area contributed by atoms with Gasteiger partial charge in [0.2, 0.25) is 0 Å². The van der Waals surface area contributed by atoms with Crippen LogP contribution in [0.5, 0.6) is 0 Å². The molecule has 0 amide bonds. The monoisotopic (exact) mass is 250 g/mol. The number of anilines is 1. The molecule has 0 heterocycles. The second-order valence-corrected chi connectivity index (χ2v) is 5.01. The Morgan fingerprint density at radius 1 is 1.41 bits per heavy atom. The maximum absolute atomic E-state index is 8.76. The van der Waals surface area contributed by atoms with Gasteiger partial charge in [0.1, 0.15) is 0 Å². The predicted octanol–water partition coefficient (Wildman–Crippen LogP) is 4.45. The van der Waals surface area contributed by atoms with Crippen LogP contribution in [-0.2, 0) is 0 Å². The van der Waals surface area contributed by atoms with Crippen molar-refractivity contribution in [3.63, 3.8) is 0 Å². The van der Waals surface area contributed by atoms with Crippen LogP contribution in [0, 0.1) is 17.2 Å². The SMILES string of the molecule is CCC(C)CC(C)Nc1ccc(C#N)cc1Cl.